The Morgan fingerprint density at radius 2 is 1.56 bits per heavy atom. The summed E-state index contributed by atoms with van der Waals surface area (Å²) in [6.45, 7) is 7.70. The van der Waals surface area contributed by atoms with Crippen LogP contribution in [0.25, 0.3) is 0 Å². The molecule has 0 atom stereocenters. The first-order valence-corrected chi connectivity index (χ1v) is 13.4. The van der Waals surface area contributed by atoms with E-state index < -0.39 is 10.0 Å². The first kappa shape index (κ1) is 25.5. The molecule has 0 aliphatic carbocycles. The van der Waals surface area contributed by atoms with Crippen LogP contribution in [0, 0.1) is 0 Å². The van der Waals surface area contributed by atoms with Crippen LogP contribution in [0.4, 0.5) is 28.7 Å². The van der Waals surface area contributed by atoms with Gasteiger partial charge in [-0.15, -0.1) is 0 Å². The van der Waals surface area contributed by atoms with Gasteiger partial charge in [0.15, 0.2) is 11.6 Å². The maximum Gasteiger partial charge on any atom is 0.243 e. The maximum atomic E-state index is 12.7. The van der Waals surface area contributed by atoms with Crippen molar-refractivity contribution in [1.82, 2.24) is 14.3 Å². The summed E-state index contributed by atoms with van der Waals surface area (Å²) in [7, 11) is -1.85. The summed E-state index contributed by atoms with van der Waals surface area (Å²) in [4.78, 5) is 13.5. The van der Waals surface area contributed by atoms with E-state index in [1.807, 2.05) is 26.0 Å². The van der Waals surface area contributed by atoms with Crippen molar-refractivity contribution in [3.63, 3.8) is 0 Å². The lowest BCUT2D eigenvalue weighted by molar-refractivity contribution is 0.415. The van der Waals surface area contributed by atoms with E-state index in [2.05, 4.69) is 37.2 Å². The van der Waals surface area contributed by atoms with Crippen LogP contribution in [-0.2, 0) is 10.0 Å². The Morgan fingerprint density at radius 3 is 2.14 bits per heavy atom. The van der Waals surface area contributed by atoms with Crippen LogP contribution in [0.1, 0.15) is 13.8 Å². The molecule has 192 valence electrons. The quantitative estimate of drug-likeness (QED) is 0.447. The van der Waals surface area contributed by atoms with E-state index in [-0.39, 0.29) is 4.90 Å². The van der Waals surface area contributed by atoms with Crippen molar-refractivity contribution in [3.05, 3.63) is 54.9 Å². The highest BCUT2D eigenvalue weighted by Gasteiger charge is 2.23. The van der Waals surface area contributed by atoms with Gasteiger partial charge in [0.2, 0.25) is 10.0 Å². The van der Waals surface area contributed by atoms with Gasteiger partial charge in [-0.05, 0) is 48.5 Å². The predicted molar refractivity (Wildman–Crippen MR) is 144 cm³/mol. The standard InChI is InChI=1S/C25H33N7O3S/c1-4-32(5-2)36(33,34)22-12-6-19(7-13-22)29-24-23(26)25(28-18-27-24)31-16-14-30(15-17-31)20-8-10-21(35-3)11-9-20/h6-13,18H,4-5,14-17,26H2,1-3H3,(H,27,28,29). The van der Waals surface area contributed by atoms with E-state index in [4.69, 9.17) is 10.5 Å². The van der Waals surface area contributed by atoms with Crippen molar-refractivity contribution in [2.45, 2.75) is 18.7 Å². The minimum atomic E-state index is -3.51. The topological polar surface area (TPSA) is 117 Å². The van der Waals surface area contributed by atoms with Gasteiger partial charge < -0.3 is 25.6 Å². The van der Waals surface area contributed by atoms with E-state index in [0.717, 1.165) is 37.6 Å². The number of nitrogen functional groups attached to an aromatic ring is 1. The number of nitrogens with one attached hydrogen (secondary N) is 1. The van der Waals surface area contributed by atoms with Gasteiger partial charge in [-0.25, -0.2) is 18.4 Å². The normalized spacial score (nSPS) is 14.2. The summed E-state index contributed by atoms with van der Waals surface area (Å²) in [6.07, 6.45) is 1.49. The highest BCUT2D eigenvalue weighted by molar-refractivity contribution is 7.89. The van der Waals surface area contributed by atoms with Gasteiger partial charge in [0, 0.05) is 50.6 Å². The molecule has 3 N–H and O–H groups in total. The Hall–Kier alpha value is -3.57. The second-order valence-corrected chi connectivity index (χ2v) is 10.3. The molecule has 2 aromatic carbocycles. The molecule has 4 rings (SSSR count). The van der Waals surface area contributed by atoms with Crippen LogP contribution in [0.5, 0.6) is 5.75 Å². The van der Waals surface area contributed by atoms with Crippen molar-refractivity contribution in [3.8, 4) is 5.75 Å². The van der Waals surface area contributed by atoms with Crippen LogP contribution < -0.4 is 25.6 Å². The zero-order chi connectivity index (χ0) is 25.7. The smallest absolute Gasteiger partial charge is 0.243 e. The molecule has 0 saturated carbocycles. The lowest BCUT2D eigenvalue weighted by atomic mass is 10.2. The van der Waals surface area contributed by atoms with E-state index in [1.54, 1.807) is 31.4 Å². The SMILES string of the molecule is CCN(CC)S(=O)(=O)c1ccc(Nc2ncnc(N3CCN(c4ccc(OC)cc4)CC3)c2N)cc1. The zero-order valence-electron chi connectivity index (χ0n) is 20.9. The molecule has 10 nitrogen and oxygen atoms in total. The average molecular weight is 512 g/mol. The number of piperazine rings is 1. The van der Waals surface area contributed by atoms with Gasteiger partial charge in [-0.3, -0.25) is 0 Å². The molecular weight excluding hydrogens is 478 g/mol. The van der Waals surface area contributed by atoms with E-state index in [0.29, 0.717) is 36.1 Å². The Balaban J connectivity index is 1.44. The monoisotopic (exact) mass is 511 g/mol. The van der Waals surface area contributed by atoms with Gasteiger partial charge in [0.1, 0.15) is 17.8 Å². The number of hydrogen-bond donors (Lipinski definition) is 2. The van der Waals surface area contributed by atoms with Crippen molar-refractivity contribution in [2.24, 2.45) is 0 Å². The molecule has 1 aliphatic heterocycles. The number of hydrogen-bond acceptors (Lipinski definition) is 9. The van der Waals surface area contributed by atoms with E-state index in [9.17, 15) is 8.42 Å². The molecule has 3 aromatic rings. The number of aromatic nitrogens is 2. The summed E-state index contributed by atoms with van der Waals surface area (Å²) >= 11 is 0. The fraction of sp³-hybridized carbons (Fsp3) is 0.360. The zero-order valence-corrected chi connectivity index (χ0v) is 21.7. The van der Waals surface area contributed by atoms with Crippen LogP contribution in [-0.4, -0.2) is 69.1 Å². The molecule has 11 heteroatoms. The van der Waals surface area contributed by atoms with Gasteiger partial charge in [-0.1, -0.05) is 13.8 Å². The van der Waals surface area contributed by atoms with Crippen molar-refractivity contribution in [1.29, 1.82) is 0 Å². The van der Waals surface area contributed by atoms with Gasteiger partial charge in [0.25, 0.3) is 0 Å². The lowest BCUT2D eigenvalue weighted by Crippen LogP contribution is -2.47. The number of anilines is 5. The highest BCUT2D eigenvalue weighted by Crippen LogP contribution is 2.30. The predicted octanol–water partition coefficient (Wildman–Crippen LogP) is 3.17. The Labute approximate surface area is 212 Å². The second kappa shape index (κ2) is 11.0. The molecule has 0 amide bonds. The minimum absolute atomic E-state index is 0.253. The first-order valence-electron chi connectivity index (χ1n) is 12.0. The molecule has 0 unspecified atom stereocenters. The highest BCUT2D eigenvalue weighted by atomic mass is 32.2. The first-order chi connectivity index (χ1) is 17.4. The molecule has 36 heavy (non-hydrogen) atoms. The number of nitrogens with zero attached hydrogens (tertiary/aromatic N) is 5. The van der Waals surface area contributed by atoms with Crippen LogP contribution in [0.3, 0.4) is 0 Å². The lowest BCUT2D eigenvalue weighted by Gasteiger charge is -2.37. The minimum Gasteiger partial charge on any atom is -0.497 e. The number of benzene rings is 2. The summed E-state index contributed by atoms with van der Waals surface area (Å²) in [5.41, 5.74) is 8.75. The van der Waals surface area contributed by atoms with Crippen molar-refractivity contribution >= 4 is 38.7 Å². The Bertz CT molecular complexity index is 1260. The molecule has 1 fully saturated rings. The molecule has 2 heterocycles. The second-order valence-electron chi connectivity index (χ2n) is 8.37. The van der Waals surface area contributed by atoms with Crippen molar-refractivity contribution in [2.75, 3.05) is 67.2 Å². The number of methoxy groups -OCH3 is 1. The van der Waals surface area contributed by atoms with Crippen LogP contribution in [0.2, 0.25) is 0 Å². The molecule has 0 spiro atoms. The number of nitrogens with two attached hydrogens (primary N) is 1. The molecule has 1 aliphatic rings. The number of sulfonamides is 1. The summed E-state index contributed by atoms with van der Waals surface area (Å²) < 4.78 is 32.1. The largest absolute Gasteiger partial charge is 0.497 e. The summed E-state index contributed by atoms with van der Waals surface area (Å²) in [5.74, 6) is 2.01. The fourth-order valence-electron chi connectivity index (χ4n) is 4.27. The average Bonchev–Trinajstić information content (AvgIpc) is 2.91. The molecule has 1 saturated heterocycles. The van der Waals surface area contributed by atoms with Gasteiger partial charge in [0.05, 0.1) is 12.0 Å². The molecule has 0 bridgehead atoms. The van der Waals surface area contributed by atoms with E-state index >= 15 is 0 Å². The van der Waals surface area contributed by atoms with E-state index in [1.165, 1.54) is 10.6 Å². The molecule has 0 radical (unpaired) electrons. The Morgan fingerprint density at radius 1 is 0.944 bits per heavy atom. The maximum absolute atomic E-state index is 12.7. The van der Waals surface area contributed by atoms with Crippen molar-refractivity contribution < 1.29 is 13.2 Å². The number of rotatable bonds is 9. The summed E-state index contributed by atoms with van der Waals surface area (Å²) in [5, 5.41) is 3.20. The number of ether oxygens (including phenoxy) is 1. The molecule has 1 aromatic heterocycles. The van der Waals surface area contributed by atoms with Crippen LogP contribution >= 0.6 is 0 Å². The van der Waals surface area contributed by atoms with Gasteiger partial charge in [-0.2, -0.15) is 4.31 Å². The molecular formula is C25H33N7O3S. The van der Waals surface area contributed by atoms with Crippen LogP contribution in [0.15, 0.2) is 59.8 Å². The van der Waals surface area contributed by atoms with Gasteiger partial charge >= 0.3 is 0 Å². The third-order valence-electron chi connectivity index (χ3n) is 6.34. The third-order valence-corrected chi connectivity index (χ3v) is 8.40. The fourth-order valence-corrected chi connectivity index (χ4v) is 5.72. The third kappa shape index (κ3) is 5.31. The Kier molecular flexibility index (Phi) is 7.80. The summed E-state index contributed by atoms with van der Waals surface area (Å²) in [6, 6.07) is 14.7.